The van der Waals surface area contributed by atoms with Gasteiger partial charge in [0.15, 0.2) is 0 Å². The third-order valence-electron chi connectivity index (χ3n) is 5.72. The van der Waals surface area contributed by atoms with Crippen LogP contribution in [-0.2, 0) is 17.9 Å². The second-order valence-corrected chi connectivity index (χ2v) is 8.54. The molecule has 2 heterocycles. The molecule has 0 aliphatic carbocycles. The number of hydrogen-bond donors (Lipinski definition) is 1. The largest absolute Gasteiger partial charge is 0.325 e. The Kier molecular flexibility index (Phi) is 5.63. The van der Waals surface area contributed by atoms with Crippen LogP contribution < -0.4 is 10.9 Å². The molecule has 3 aromatic carbocycles. The Hall–Kier alpha value is -3.97. The van der Waals surface area contributed by atoms with E-state index in [1.165, 1.54) is 23.0 Å². The zero-order chi connectivity index (χ0) is 23.8. The van der Waals surface area contributed by atoms with Gasteiger partial charge in [-0.3, -0.25) is 14.2 Å². The average molecular weight is 475 g/mol. The minimum absolute atomic E-state index is 0.132. The lowest BCUT2D eigenvalue weighted by molar-refractivity contribution is -0.116. The number of nitrogens with zero attached hydrogens (tertiary/aromatic N) is 3. The Balaban J connectivity index is 1.61. The molecule has 0 saturated heterocycles. The number of aromatic nitrogens is 3. The van der Waals surface area contributed by atoms with Crippen molar-refractivity contribution in [1.29, 1.82) is 0 Å². The van der Waals surface area contributed by atoms with Crippen molar-refractivity contribution in [2.45, 2.75) is 20.0 Å². The van der Waals surface area contributed by atoms with E-state index >= 15 is 0 Å². The van der Waals surface area contributed by atoms with E-state index in [2.05, 4.69) is 10.3 Å². The minimum atomic E-state index is -0.447. The predicted octanol–water partition coefficient (Wildman–Crippen LogP) is 5.14. The summed E-state index contributed by atoms with van der Waals surface area (Å²) in [6.07, 6.45) is 1.43. The highest BCUT2D eigenvalue weighted by Crippen LogP contribution is 2.27. The number of aryl methyl sites for hydroxylation is 1. The smallest absolute Gasteiger partial charge is 0.278 e. The van der Waals surface area contributed by atoms with Gasteiger partial charge in [-0.25, -0.2) is 9.37 Å². The predicted molar refractivity (Wildman–Crippen MR) is 132 cm³/mol. The molecular weight excluding hydrogens is 455 g/mol. The fraction of sp³-hybridized carbons (Fsp3) is 0.115. The molecule has 170 valence electrons. The highest BCUT2D eigenvalue weighted by molar-refractivity contribution is 6.31. The van der Waals surface area contributed by atoms with Crippen molar-refractivity contribution in [3.05, 3.63) is 105 Å². The van der Waals surface area contributed by atoms with Gasteiger partial charge in [-0.1, -0.05) is 47.5 Å². The van der Waals surface area contributed by atoms with Crippen LogP contribution in [0.1, 0.15) is 11.1 Å². The van der Waals surface area contributed by atoms with Crippen molar-refractivity contribution in [1.82, 2.24) is 14.1 Å². The van der Waals surface area contributed by atoms with Crippen LogP contribution in [0.3, 0.4) is 0 Å². The molecule has 8 heteroatoms. The van der Waals surface area contributed by atoms with Crippen molar-refractivity contribution in [3.8, 4) is 0 Å². The molecule has 2 aromatic heterocycles. The van der Waals surface area contributed by atoms with Gasteiger partial charge in [-0.2, -0.15) is 0 Å². The van der Waals surface area contributed by atoms with Crippen molar-refractivity contribution in [2.75, 3.05) is 5.32 Å². The molecule has 0 aliphatic heterocycles. The zero-order valence-electron chi connectivity index (χ0n) is 18.3. The first-order valence-electron chi connectivity index (χ1n) is 10.7. The number of amides is 1. The molecule has 1 amide bonds. The summed E-state index contributed by atoms with van der Waals surface area (Å²) in [5, 5.41) is 3.86. The highest BCUT2D eigenvalue weighted by Gasteiger charge is 2.19. The molecule has 5 aromatic rings. The number of hydrogen-bond acceptors (Lipinski definition) is 3. The van der Waals surface area contributed by atoms with Crippen LogP contribution in [-0.4, -0.2) is 20.0 Å². The fourth-order valence-corrected chi connectivity index (χ4v) is 4.24. The Morgan fingerprint density at radius 1 is 1.09 bits per heavy atom. The fourth-order valence-electron chi connectivity index (χ4n) is 4.04. The maximum atomic E-state index is 14.1. The molecular formula is C26H20ClFN4O2. The Morgan fingerprint density at radius 3 is 2.62 bits per heavy atom. The highest BCUT2D eigenvalue weighted by atomic mass is 35.5. The monoisotopic (exact) mass is 474 g/mol. The summed E-state index contributed by atoms with van der Waals surface area (Å²) in [6.45, 7) is 2.04. The summed E-state index contributed by atoms with van der Waals surface area (Å²) < 4.78 is 17.1. The summed E-state index contributed by atoms with van der Waals surface area (Å²) in [5.41, 5.74) is 3.27. The number of halogens is 2. The van der Waals surface area contributed by atoms with E-state index in [1.807, 2.05) is 49.4 Å². The molecule has 0 aliphatic rings. The van der Waals surface area contributed by atoms with Crippen LogP contribution in [0.15, 0.2) is 77.9 Å². The van der Waals surface area contributed by atoms with Gasteiger partial charge in [-0.15, -0.1) is 0 Å². The number of anilines is 1. The quantitative estimate of drug-likeness (QED) is 0.383. The lowest BCUT2D eigenvalue weighted by atomic mass is 10.2. The van der Waals surface area contributed by atoms with Gasteiger partial charge in [-0.05, 0) is 48.9 Å². The Bertz CT molecular complexity index is 1610. The summed E-state index contributed by atoms with van der Waals surface area (Å²) in [5.74, 6) is -0.759. The van der Waals surface area contributed by atoms with Gasteiger partial charge in [0.1, 0.15) is 23.4 Å². The molecule has 1 N–H and O–H groups in total. The number of nitrogens with one attached hydrogen (secondary N) is 1. The average Bonchev–Trinajstić information content (AvgIpc) is 3.11. The van der Waals surface area contributed by atoms with Gasteiger partial charge < -0.3 is 9.88 Å². The van der Waals surface area contributed by atoms with Crippen molar-refractivity contribution in [3.63, 3.8) is 0 Å². The first kappa shape index (κ1) is 21.9. The normalized spacial score (nSPS) is 11.3. The molecule has 34 heavy (non-hydrogen) atoms. The van der Waals surface area contributed by atoms with E-state index in [0.29, 0.717) is 27.1 Å². The van der Waals surface area contributed by atoms with Gasteiger partial charge in [0.2, 0.25) is 5.91 Å². The maximum Gasteiger partial charge on any atom is 0.278 e. The lowest BCUT2D eigenvalue weighted by Crippen LogP contribution is -2.25. The number of rotatable bonds is 5. The summed E-state index contributed by atoms with van der Waals surface area (Å²) in [4.78, 5) is 30.9. The van der Waals surface area contributed by atoms with Crippen LogP contribution in [0.25, 0.3) is 21.9 Å². The van der Waals surface area contributed by atoms with Crippen LogP contribution in [0, 0.1) is 12.7 Å². The minimum Gasteiger partial charge on any atom is -0.325 e. The Labute approximate surface area is 199 Å². The van der Waals surface area contributed by atoms with Crippen LogP contribution in [0.2, 0.25) is 5.02 Å². The van der Waals surface area contributed by atoms with E-state index in [1.54, 1.807) is 16.7 Å². The number of carbonyl (C=O) groups excluding carboxylic acids is 1. The standard InChI is InChI=1S/C26H20ClFN4O2/c1-16-6-9-19(10-7-16)30-23(33)14-32-22-11-8-18(28)12-20(22)24-25(32)26(34)31(15-29-24)13-17-4-2-3-5-21(17)27/h2-12,15H,13-14H2,1H3,(H,30,33). The maximum absolute atomic E-state index is 14.1. The van der Waals surface area contributed by atoms with Crippen LogP contribution in [0.4, 0.5) is 10.1 Å². The van der Waals surface area contributed by atoms with E-state index in [4.69, 9.17) is 11.6 Å². The summed E-state index contributed by atoms with van der Waals surface area (Å²) in [7, 11) is 0. The van der Waals surface area contributed by atoms with Gasteiger partial charge in [0.25, 0.3) is 5.56 Å². The molecule has 0 bridgehead atoms. The van der Waals surface area contributed by atoms with E-state index < -0.39 is 5.82 Å². The van der Waals surface area contributed by atoms with Crippen LogP contribution in [0.5, 0.6) is 0 Å². The second kappa shape index (κ2) is 8.76. The molecule has 0 spiro atoms. The van der Waals surface area contributed by atoms with E-state index in [9.17, 15) is 14.0 Å². The molecule has 0 radical (unpaired) electrons. The third kappa shape index (κ3) is 4.06. The van der Waals surface area contributed by atoms with Crippen molar-refractivity contribution >= 4 is 45.1 Å². The van der Waals surface area contributed by atoms with E-state index in [-0.39, 0.29) is 30.1 Å². The first-order valence-corrected chi connectivity index (χ1v) is 11.1. The number of carbonyl (C=O) groups is 1. The lowest BCUT2D eigenvalue weighted by Gasteiger charge is -2.10. The Morgan fingerprint density at radius 2 is 1.85 bits per heavy atom. The van der Waals surface area contributed by atoms with Crippen molar-refractivity contribution in [2.24, 2.45) is 0 Å². The van der Waals surface area contributed by atoms with Crippen molar-refractivity contribution < 1.29 is 9.18 Å². The topological polar surface area (TPSA) is 68.9 Å². The summed E-state index contributed by atoms with van der Waals surface area (Å²) in [6, 6.07) is 18.9. The van der Waals surface area contributed by atoms with Gasteiger partial charge in [0.05, 0.1) is 18.4 Å². The number of benzene rings is 3. The van der Waals surface area contributed by atoms with E-state index in [0.717, 1.165) is 11.1 Å². The van der Waals surface area contributed by atoms with Gasteiger partial charge in [0, 0.05) is 16.1 Å². The molecule has 0 unspecified atom stereocenters. The third-order valence-corrected chi connectivity index (χ3v) is 6.09. The first-order chi connectivity index (χ1) is 16.4. The molecule has 0 saturated carbocycles. The molecule has 0 fully saturated rings. The molecule has 6 nitrogen and oxygen atoms in total. The van der Waals surface area contributed by atoms with Crippen LogP contribution >= 0.6 is 11.6 Å². The number of fused-ring (bicyclic) bond motifs is 3. The zero-order valence-corrected chi connectivity index (χ0v) is 19.0. The molecule has 5 rings (SSSR count). The molecule has 0 atom stereocenters. The van der Waals surface area contributed by atoms with Gasteiger partial charge >= 0.3 is 0 Å². The SMILES string of the molecule is Cc1ccc(NC(=O)Cn2c3ccc(F)cc3c3ncn(Cc4ccccc4Cl)c(=O)c32)cc1. The second-order valence-electron chi connectivity index (χ2n) is 8.13. The summed E-state index contributed by atoms with van der Waals surface area (Å²) >= 11 is 6.28.